The molecule has 0 saturated heterocycles. The van der Waals surface area contributed by atoms with Gasteiger partial charge in [0.25, 0.3) is 0 Å². The molecule has 0 aliphatic rings. The maximum atomic E-state index is 10.5. The predicted molar refractivity (Wildman–Crippen MR) is 58.8 cm³/mol. The molecule has 1 unspecified atom stereocenters. The van der Waals surface area contributed by atoms with Crippen LogP contribution in [0.4, 0.5) is 0 Å². The minimum Gasteiger partial charge on any atom is -0.493 e. The van der Waals surface area contributed by atoms with E-state index in [1.54, 1.807) is 6.07 Å². The first-order valence-electron chi connectivity index (χ1n) is 4.80. The second-order valence-electron chi connectivity index (χ2n) is 3.41. The van der Waals surface area contributed by atoms with Gasteiger partial charge in [-0.05, 0) is 24.6 Å². The molecular weight excluding hydrogens is 210 g/mol. The minimum atomic E-state index is -1.09. The van der Waals surface area contributed by atoms with E-state index in [1.807, 2.05) is 19.1 Å². The first kappa shape index (κ1) is 12.3. The highest BCUT2D eigenvalue weighted by molar-refractivity contribution is 5.73. The Morgan fingerprint density at radius 2 is 2.19 bits per heavy atom. The maximum absolute atomic E-state index is 10.5. The van der Waals surface area contributed by atoms with Gasteiger partial charge in [0.1, 0.15) is 12.6 Å². The lowest BCUT2D eigenvalue weighted by molar-refractivity contribution is -0.139. The number of nitrogens with two attached hydrogens (primary N) is 1. The number of rotatable bonds is 5. The maximum Gasteiger partial charge on any atom is 0.324 e. The van der Waals surface area contributed by atoms with Crippen molar-refractivity contribution >= 4 is 5.97 Å². The van der Waals surface area contributed by atoms with Gasteiger partial charge in [0.05, 0.1) is 7.11 Å². The Kier molecular flexibility index (Phi) is 4.13. The molecule has 0 saturated carbocycles. The molecule has 16 heavy (non-hydrogen) atoms. The van der Waals surface area contributed by atoms with E-state index in [0.29, 0.717) is 11.5 Å². The standard InChI is InChI=1S/C11H15NO4/c1-7-3-4-9(10(5-7)15-2)16-6-8(12)11(13)14/h3-5,8H,6,12H2,1-2H3,(H,13,14). The third kappa shape index (κ3) is 3.13. The molecule has 3 N–H and O–H groups in total. The van der Waals surface area contributed by atoms with E-state index in [2.05, 4.69) is 0 Å². The fourth-order valence-electron chi connectivity index (χ4n) is 1.14. The number of aryl methyl sites for hydroxylation is 1. The first-order valence-corrected chi connectivity index (χ1v) is 4.80. The Morgan fingerprint density at radius 3 is 2.75 bits per heavy atom. The first-order chi connectivity index (χ1) is 7.54. The lowest BCUT2D eigenvalue weighted by Gasteiger charge is -2.12. The van der Waals surface area contributed by atoms with Crippen LogP contribution >= 0.6 is 0 Å². The van der Waals surface area contributed by atoms with Gasteiger partial charge in [-0.3, -0.25) is 4.79 Å². The van der Waals surface area contributed by atoms with Crippen molar-refractivity contribution in [1.82, 2.24) is 0 Å². The molecule has 0 aliphatic carbocycles. The molecule has 88 valence electrons. The number of benzene rings is 1. The zero-order valence-corrected chi connectivity index (χ0v) is 9.27. The van der Waals surface area contributed by atoms with Crippen LogP contribution in [0.5, 0.6) is 11.5 Å². The molecule has 1 aromatic carbocycles. The lowest BCUT2D eigenvalue weighted by Crippen LogP contribution is -2.36. The van der Waals surface area contributed by atoms with Crippen molar-refractivity contribution < 1.29 is 19.4 Å². The summed E-state index contributed by atoms with van der Waals surface area (Å²) < 4.78 is 10.4. The number of carboxylic acids is 1. The third-order valence-corrected chi connectivity index (χ3v) is 2.05. The number of hydrogen-bond acceptors (Lipinski definition) is 4. The number of methoxy groups -OCH3 is 1. The summed E-state index contributed by atoms with van der Waals surface area (Å²) in [6.45, 7) is 1.84. The van der Waals surface area contributed by atoms with Crippen LogP contribution in [0.15, 0.2) is 18.2 Å². The van der Waals surface area contributed by atoms with Gasteiger partial charge in [-0.15, -0.1) is 0 Å². The van der Waals surface area contributed by atoms with Crippen molar-refractivity contribution in [2.24, 2.45) is 5.73 Å². The second kappa shape index (κ2) is 5.37. The smallest absolute Gasteiger partial charge is 0.324 e. The molecule has 0 spiro atoms. The zero-order valence-electron chi connectivity index (χ0n) is 9.27. The number of aliphatic carboxylic acids is 1. The molecular formula is C11H15NO4. The molecule has 1 rings (SSSR count). The summed E-state index contributed by atoms with van der Waals surface area (Å²) in [5.74, 6) is -0.0338. The van der Waals surface area contributed by atoms with E-state index in [1.165, 1.54) is 7.11 Å². The van der Waals surface area contributed by atoms with Gasteiger partial charge in [-0.1, -0.05) is 6.07 Å². The molecule has 0 aliphatic heterocycles. The largest absolute Gasteiger partial charge is 0.493 e. The Labute approximate surface area is 93.8 Å². The van der Waals surface area contributed by atoms with Crippen molar-refractivity contribution in [3.05, 3.63) is 23.8 Å². The van der Waals surface area contributed by atoms with Crippen LogP contribution < -0.4 is 15.2 Å². The quantitative estimate of drug-likeness (QED) is 0.774. The van der Waals surface area contributed by atoms with Crippen molar-refractivity contribution in [2.45, 2.75) is 13.0 Å². The van der Waals surface area contributed by atoms with Crippen LogP contribution in [-0.2, 0) is 4.79 Å². The molecule has 0 amide bonds. The van der Waals surface area contributed by atoms with E-state index < -0.39 is 12.0 Å². The fourth-order valence-corrected chi connectivity index (χ4v) is 1.14. The number of ether oxygens (including phenoxy) is 2. The van der Waals surface area contributed by atoms with E-state index >= 15 is 0 Å². The normalized spacial score (nSPS) is 11.9. The van der Waals surface area contributed by atoms with Crippen molar-refractivity contribution in [1.29, 1.82) is 0 Å². The summed E-state index contributed by atoms with van der Waals surface area (Å²) in [5, 5.41) is 8.59. The van der Waals surface area contributed by atoms with Gasteiger partial charge < -0.3 is 20.3 Å². The van der Waals surface area contributed by atoms with E-state index in [0.717, 1.165) is 5.56 Å². The van der Waals surface area contributed by atoms with Crippen molar-refractivity contribution in [2.75, 3.05) is 13.7 Å². The number of carboxylic acid groups (broad SMARTS) is 1. The van der Waals surface area contributed by atoms with Gasteiger partial charge in [-0.25, -0.2) is 0 Å². The Hall–Kier alpha value is -1.75. The van der Waals surface area contributed by atoms with E-state index in [4.69, 9.17) is 20.3 Å². The Morgan fingerprint density at radius 1 is 1.50 bits per heavy atom. The molecule has 1 aromatic rings. The zero-order chi connectivity index (χ0) is 12.1. The predicted octanol–water partition coefficient (Wildman–Crippen LogP) is 0.794. The van der Waals surface area contributed by atoms with Crippen LogP contribution in [0.3, 0.4) is 0 Å². The summed E-state index contributed by atoms with van der Waals surface area (Å²) in [6, 6.07) is 4.35. The fraction of sp³-hybridized carbons (Fsp3) is 0.364. The minimum absolute atomic E-state index is 0.0885. The topological polar surface area (TPSA) is 81.8 Å². The van der Waals surface area contributed by atoms with Crippen molar-refractivity contribution in [3.63, 3.8) is 0 Å². The highest BCUT2D eigenvalue weighted by Gasteiger charge is 2.13. The summed E-state index contributed by atoms with van der Waals surface area (Å²) in [5.41, 5.74) is 6.35. The van der Waals surface area contributed by atoms with Crippen LogP contribution in [-0.4, -0.2) is 30.8 Å². The van der Waals surface area contributed by atoms with E-state index in [-0.39, 0.29) is 6.61 Å². The molecule has 5 nitrogen and oxygen atoms in total. The average molecular weight is 225 g/mol. The van der Waals surface area contributed by atoms with Gasteiger partial charge >= 0.3 is 5.97 Å². The Balaban J connectivity index is 2.70. The average Bonchev–Trinajstić information content (AvgIpc) is 2.26. The van der Waals surface area contributed by atoms with Crippen LogP contribution in [0.25, 0.3) is 0 Å². The third-order valence-electron chi connectivity index (χ3n) is 2.05. The molecule has 0 heterocycles. The molecule has 0 bridgehead atoms. The molecule has 5 heteroatoms. The number of carbonyl (C=O) groups is 1. The van der Waals surface area contributed by atoms with Gasteiger partial charge in [0.15, 0.2) is 11.5 Å². The second-order valence-corrected chi connectivity index (χ2v) is 3.41. The summed E-state index contributed by atoms with van der Waals surface area (Å²) in [6.07, 6.45) is 0. The number of hydrogen-bond donors (Lipinski definition) is 2. The van der Waals surface area contributed by atoms with Crippen LogP contribution in [0.2, 0.25) is 0 Å². The van der Waals surface area contributed by atoms with E-state index in [9.17, 15) is 4.79 Å². The molecule has 0 radical (unpaired) electrons. The Bertz CT molecular complexity index is 378. The highest BCUT2D eigenvalue weighted by atomic mass is 16.5. The van der Waals surface area contributed by atoms with Gasteiger partial charge in [0, 0.05) is 0 Å². The summed E-state index contributed by atoms with van der Waals surface area (Å²) in [7, 11) is 1.53. The molecule has 0 fully saturated rings. The van der Waals surface area contributed by atoms with Gasteiger partial charge in [-0.2, -0.15) is 0 Å². The van der Waals surface area contributed by atoms with Crippen molar-refractivity contribution in [3.8, 4) is 11.5 Å². The SMILES string of the molecule is COc1cc(C)ccc1OCC(N)C(=O)O. The summed E-state index contributed by atoms with van der Waals surface area (Å²) >= 11 is 0. The van der Waals surface area contributed by atoms with Gasteiger partial charge in [0.2, 0.25) is 0 Å². The highest BCUT2D eigenvalue weighted by Crippen LogP contribution is 2.27. The van der Waals surface area contributed by atoms with Crippen LogP contribution in [0, 0.1) is 6.92 Å². The monoisotopic (exact) mass is 225 g/mol. The summed E-state index contributed by atoms with van der Waals surface area (Å²) in [4.78, 5) is 10.5. The lowest BCUT2D eigenvalue weighted by atomic mass is 10.2. The molecule has 0 aromatic heterocycles. The molecule has 1 atom stereocenters. The van der Waals surface area contributed by atoms with Crippen LogP contribution in [0.1, 0.15) is 5.56 Å².